The maximum absolute atomic E-state index is 13.9. The van der Waals surface area contributed by atoms with Gasteiger partial charge in [0.15, 0.2) is 0 Å². The van der Waals surface area contributed by atoms with Crippen LogP contribution in [0, 0.1) is 17.3 Å². The molecule has 0 radical (unpaired) electrons. The summed E-state index contributed by atoms with van der Waals surface area (Å²) in [6.45, 7) is 13.6. The second kappa shape index (κ2) is 10.3. The first-order valence-electron chi connectivity index (χ1n) is 12.6. The van der Waals surface area contributed by atoms with E-state index in [0.717, 1.165) is 12.8 Å². The van der Waals surface area contributed by atoms with Crippen LogP contribution in [0.25, 0.3) is 0 Å². The van der Waals surface area contributed by atoms with Crippen molar-refractivity contribution in [2.24, 2.45) is 17.3 Å². The van der Waals surface area contributed by atoms with Crippen LogP contribution in [0.15, 0.2) is 0 Å². The number of carbonyl (C=O) groups excluding carboxylic acids is 3. The lowest BCUT2D eigenvalue weighted by Gasteiger charge is -2.39. The van der Waals surface area contributed by atoms with Gasteiger partial charge in [0, 0.05) is 35.3 Å². The zero-order valence-corrected chi connectivity index (χ0v) is 23.9. The van der Waals surface area contributed by atoms with Crippen LogP contribution >= 0.6 is 27.7 Å². The molecule has 7 nitrogen and oxygen atoms in total. The highest BCUT2D eigenvalue weighted by molar-refractivity contribution is 9.09. The van der Waals surface area contributed by atoms with E-state index < -0.39 is 28.2 Å². The second-order valence-electron chi connectivity index (χ2n) is 12.0. The van der Waals surface area contributed by atoms with Crippen molar-refractivity contribution in [1.82, 2.24) is 15.5 Å². The SMILES string of the molecule is CCCNC(=O)[C@H]1[C@@H]2SC3(CC2Br)C(C(=O)NC(C)(C)CC(C)(C)C)N(CCCCO)C(=O)[C@H]13. The zero-order chi connectivity index (χ0) is 25.5. The van der Waals surface area contributed by atoms with Crippen LogP contribution < -0.4 is 10.6 Å². The Labute approximate surface area is 217 Å². The van der Waals surface area contributed by atoms with Gasteiger partial charge in [-0.05, 0) is 51.4 Å². The molecule has 9 heteroatoms. The van der Waals surface area contributed by atoms with Crippen molar-refractivity contribution in [1.29, 1.82) is 0 Å². The number of aliphatic hydroxyl groups excluding tert-OH is 1. The fourth-order valence-electron chi connectivity index (χ4n) is 6.50. The quantitative estimate of drug-likeness (QED) is 0.282. The minimum atomic E-state index is -0.623. The van der Waals surface area contributed by atoms with E-state index in [4.69, 9.17) is 0 Å². The van der Waals surface area contributed by atoms with Crippen molar-refractivity contribution in [2.75, 3.05) is 19.7 Å². The van der Waals surface area contributed by atoms with E-state index in [2.05, 4.69) is 47.3 Å². The molecule has 2 bridgehead atoms. The molecular formula is C25H42BrN3O4S. The first-order chi connectivity index (χ1) is 15.8. The monoisotopic (exact) mass is 559 g/mol. The van der Waals surface area contributed by atoms with Crippen LogP contribution in [0.4, 0.5) is 0 Å². The fraction of sp³-hybridized carbons (Fsp3) is 0.880. The van der Waals surface area contributed by atoms with Gasteiger partial charge in [0.05, 0.1) is 16.6 Å². The lowest BCUT2D eigenvalue weighted by Crippen LogP contribution is -2.58. The van der Waals surface area contributed by atoms with Crippen LogP contribution in [0.5, 0.6) is 0 Å². The number of hydrogen-bond donors (Lipinski definition) is 3. The fourth-order valence-corrected chi connectivity index (χ4v) is 10.1. The van der Waals surface area contributed by atoms with E-state index >= 15 is 0 Å². The molecule has 3 heterocycles. The standard InChI is InChI=1S/C25H42BrN3O4S/c1-7-10-27-20(31)16-17-22(33)29(11-8-9-12-30)19(25(17)13-15(26)18(16)34-25)21(32)28-24(5,6)14-23(2,3)4/h15-19,30H,7-14H2,1-6H3,(H,27,31)(H,28,32)/t15?,16-,17+,18-,19?,25?/m1/s1. The Morgan fingerprint density at radius 3 is 2.47 bits per heavy atom. The third-order valence-electron chi connectivity index (χ3n) is 7.13. The van der Waals surface area contributed by atoms with E-state index in [9.17, 15) is 19.5 Å². The van der Waals surface area contributed by atoms with Crippen molar-refractivity contribution in [3.8, 4) is 0 Å². The van der Waals surface area contributed by atoms with Gasteiger partial charge in [-0.1, -0.05) is 43.6 Å². The topological polar surface area (TPSA) is 98.7 Å². The van der Waals surface area contributed by atoms with Gasteiger partial charge in [0.1, 0.15) is 6.04 Å². The van der Waals surface area contributed by atoms with Gasteiger partial charge < -0.3 is 20.6 Å². The number of unbranched alkanes of at least 4 members (excludes halogenated alkanes) is 1. The van der Waals surface area contributed by atoms with Gasteiger partial charge in [-0.3, -0.25) is 14.4 Å². The number of hydrogen-bond acceptors (Lipinski definition) is 5. The smallest absolute Gasteiger partial charge is 0.244 e. The lowest BCUT2D eigenvalue weighted by molar-refractivity contribution is -0.140. The van der Waals surface area contributed by atoms with Crippen LogP contribution in [0.1, 0.15) is 73.6 Å². The highest BCUT2D eigenvalue weighted by atomic mass is 79.9. The van der Waals surface area contributed by atoms with Crippen LogP contribution in [0.2, 0.25) is 0 Å². The van der Waals surface area contributed by atoms with Crippen LogP contribution in [-0.4, -0.2) is 73.8 Å². The van der Waals surface area contributed by atoms with E-state index in [1.54, 1.807) is 16.7 Å². The number of nitrogens with one attached hydrogen (secondary N) is 2. The van der Waals surface area contributed by atoms with Gasteiger partial charge in [-0.25, -0.2) is 0 Å². The largest absolute Gasteiger partial charge is 0.396 e. The molecule has 0 aliphatic carbocycles. The first-order valence-corrected chi connectivity index (χ1v) is 14.4. The molecule has 0 aromatic heterocycles. The normalized spacial score (nSPS) is 32.8. The number of fused-ring (bicyclic) bond motifs is 1. The molecule has 3 aliphatic rings. The molecular weight excluding hydrogens is 518 g/mol. The molecule has 3 amide bonds. The van der Waals surface area contributed by atoms with Crippen molar-refractivity contribution in [3.63, 3.8) is 0 Å². The average Bonchev–Trinajstić information content (AvgIpc) is 3.27. The van der Waals surface area contributed by atoms with Gasteiger partial charge >= 0.3 is 0 Å². The number of thioether (sulfide) groups is 1. The summed E-state index contributed by atoms with van der Waals surface area (Å²) in [6.07, 6.45) is 3.51. The molecule has 0 saturated carbocycles. The van der Waals surface area contributed by atoms with E-state index in [1.165, 1.54) is 0 Å². The molecule has 0 aromatic rings. The molecule has 3 saturated heterocycles. The zero-order valence-electron chi connectivity index (χ0n) is 21.4. The third-order valence-corrected chi connectivity index (χ3v) is 10.4. The predicted octanol–water partition coefficient (Wildman–Crippen LogP) is 3.08. The minimum Gasteiger partial charge on any atom is -0.396 e. The Kier molecular flexibility index (Phi) is 8.41. The Balaban J connectivity index is 1.95. The summed E-state index contributed by atoms with van der Waals surface area (Å²) in [5, 5.41) is 15.5. The number of halogens is 1. The maximum Gasteiger partial charge on any atom is 0.244 e. The Morgan fingerprint density at radius 1 is 1.21 bits per heavy atom. The molecule has 0 aromatic carbocycles. The second-order valence-corrected chi connectivity index (χ2v) is 14.7. The Hall–Kier alpha value is -0.800. The van der Waals surface area contributed by atoms with E-state index in [0.29, 0.717) is 32.4 Å². The molecule has 3 unspecified atom stereocenters. The highest BCUT2D eigenvalue weighted by Gasteiger charge is 2.75. The van der Waals surface area contributed by atoms with Crippen LogP contribution in [0.3, 0.4) is 0 Å². The molecule has 34 heavy (non-hydrogen) atoms. The summed E-state index contributed by atoms with van der Waals surface area (Å²) in [5.74, 6) is -1.23. The molecule has 1 spiro atoms. The molecule has 3 fully saturated rings. The number of nitrogens with zero attached hydrogens (tertiary/aromatic N) is 1. The van der Waals surface area contributed by atoms with Crippen LogP contribution in [-0.2, 0) is 14.4 Å². The number of rotatable bonds is 10. The van der Waals surface area contributed by atoms with Crippen molar-refractivity contribution in [3.05, 3.63) is 0 Å². The summed E-state index contributed by atoms with van der Waals surface area (Å²) in [7, 11) is 0. The predicted molar refractivity (Wildman–Crippen MR) is 140 cm³/mol. The van der Waals surface area contributed by atoms with E-state index in [-0.39, 0.29) is 39.8 Å². The number of carbonyl (C=O) groups is 3. The summed E-state index contributed by atoms with van der Waals surface area (Å²) in [5.41, 5.74) is -0.398. The molecule has 3 aliphatic heterocycles. The molecule has 194 valence electrons. The minimum absolute atomic E-state index is 0.0247. The van der Waals surface area contributed by atoms with Gasteiger partial charge in [-0.2, -0.15) is 0 Å². The van der Waals surface area contributed by atoms with E-state index in [1.807, 2.05) is 20.8 Å². The van der Waals surface area contributed by atoms with Gasteiger partial charge in [0.25, 0.3) is 0 Å². The first kappa shape index (κ1) is 27.8. The number of likely N-dealkylation sites (tertiary alicyclic amines) is 1. The number of aliphatic hydroxyl groups is 1. The summed E-state index contributed by atoms with van der Waals surface area (Å²) >= 11 is 5.46. The van der Waals surface area contributed by atoms with Crippen molar-refractivity contribution >= 4 is 45.4 Å². The number of alkyl halides is 1. The molecule has 3 N–H and O–H groups in total. The Bertz CT molecular complexity index is 802. The molecule has 6 atom stereocenters. The average molecular weight is 561 g/mol. The summed E-state index contributed by atoms with van der Waals surface area (Å²) in [4.78, 5) is 42.8. The molecule has 3 rings (SSSR count). The lowest BCUT2D eigenvalue weighted by atomic mass is 9.70. The third kappa shape index (κ3) is 5.31. The number of amides is 3. The van der Waals surface area contributed by atoms with Gasteiger partial charge in [-0.15, -0.1) is 11.8 Å². The summed E-state index contributed by atoms with van der Waals surface area (Å²) in [6, 6.07) is -0.623. The highest BCUT2D eigenvalue weighted by Crippen LogP contribution is 2.67. The summed E-state index contributed by atoms with van der Waals surface area (Å²) < 4.78 is -0.620. The van der Waals surface area contributed by atoms with Gasteiger partial charge in [0.2, 0.25) is 17.7 Å². The maximum atomic E-state index is 13.9. The van der Waals surface area contributed by atoms with Crippen molar-refractivity contribution in [2.45, 2.75) is 100 Å². The Morgan fingerprint density at radius 2 is 1.88 bits per heavy atom. The van der Waals surface area contributed by atoms with Crippen molar-refractivity contribution < 1.29 is 19.5 Å².